The van der Waals surface area contributed by atoms with Crippen molar-refractivity contribution in [3.63, 3.8) is 0 Å². The molecule has 1 heterocycles. The molecule has 1 aromatic carbocycles. The van der Waals surface area contributed by atoms with Crippen LogP contribution in [0.5, 0.6) is 0 Å². The number of hydrogen-bond donors (Lipinski definition) is 1. The van der Waals surface area contributed by atoms with Crippen LogP contribution in [-0.4, -0.2) is 42.7 Å². The van der Waals surface area contributed by atoms with Gasteiger partial charge in [0, 0.05) is 18.6 Å². The summed E-state index contributed by atoms with van der Waals surface area (Å²) in [5.74, 6) is 0. The molecular weight excluding hydrogens is 341 g/mol. The highest BCUT2D eigenvalue weighted by Gasteiger charge is 2.30. The lowest BCUT2D eigenvalue weighted by Gasteiger charge is -2.32. The van der Waals surface area contributed by atoms with Gasteiger partial charge in [-0.05, 0) is 70.8 Å². The lowest BCUT2D eigenvalue weighted by Crippen LogP contribution is -2.40. The number of rotatable bonds is 7. The molecule has 1 aliphatic rings. The second kappa shape index (κ2) is 9.20. The van der Waals surface area contributed by atoms with Gasteiger partial charge in [0.1, 0.15) is 0 Å². The maximum Gasteiger partial charge on any atom is 0.416 e. The number of likely N-dealkylation sites (tertiary alicyclic amines) is 1. The smallest absolute Gasteiger partial charge is 0.373 e. The standard InChI is InChI=1S/C20H31F3N2O/c1-19(2,3)24-11-4-12-25-13-9-18(10-14-25)26-15-16-5-7-17(8-6-16)20(21,22)23/h5-8,18,24H,4,9-15H2,1-3H3. The van der Waals surface area contributed by atoms with Gasteiger partial charge in [0.05, 0.1) is 18.3 Å². The topological polar surface area (TPSA) is 24.5 Å². The number of piperidine rings is 1. The van der Waals surface area contributed by atoms with Crippen LogP contribution in [0.4, 0.5) is 13.2 Å². The Morgan fingerprint density at radius 2 is 1.69 bits per heavy atom. The van der Waals surface area contributed by atoms with E-state index in [2.05, 4.69) is 31.0 Å². The van der Waals surface area contributed by atoms with Crippen molar-refractivity contribution in [3.8, 4) is 0 Å². The fraction of sp³-hybridized carbons (Fsp3) is 0.700. The number of benzene rings is 1. The number of nitrogens with zero attached hydrogens (tertiary/aromatic N) is 1. The normalized spacial score (nSPS) is 17.6. The van der Waals surface area contributed by atoms with Gasteiger partial charge in [0.2, 0.25) is 0 Å². The summed E-state index contributed by atoms with van der Waals surface area (Å²) in [6, 6.07) is 5.24. The van der Waals surface area contributed by atoms with Gasteiger partial charge < -0.3 is 15.0 Å². The molecular formula is C20H31F3N2O. The Kier molecular flexibility index (Phi) is 7.50. The van der Waals surface area contributed by atoms with Gasteiger partial charge in [-0.25, -0.2) is 0 Å². The van der Waals surface area contributed by atoms with Gasteiger partial charge >= 0.3 is 6.18 Å². The Labute approximate surface area is 154 Å². The fourth-order valence-corrected chi connectivity index (χ4v) is 3.07. The molecule has 1 saturated heterocycles. The highest BCUT2D eigenvalue weighted by molar-refractivity contribution is 5.24. The Bertz CT molecular complexity index is 529. The molecule has 0 saturated carbocycles. The Morgan fingerprint density at radius 3 is 2.23 bits per heavy atom. The summed E-state index contributed by atoms with van der Waals surface area (Å²) in [4.78, 5) is 2.46. The maximum absolute atomic E-state index is 12.6. The zero-order valence-corrected chi connectivity index (χ0v) is 16.0. The summed E-state index contributed by atoms with van der Waals surface area (Å²) in [5, 5.41) is 3.50. The molecule has 0 amide bonds. The van der Waals surface area contributed by atoms with E-state index in [-0.39, 0.29) is 11.6 Å². The maximum atomic E-state index is 12.6. The number of ether oxygens (including phenoxy) is 1. The lowest BCUT2D eigenvalue weighted by atomic mass is 10.1. The Morgan fingerprint density at radius 1 is 1.08 bits per heavy atom. The van der Waals surface area contributed by atoms with Gasteiger partial charge in [0.25, 0.3) is 0 Å². The molecule has 26 heavy (non-hydrogen) atoms. The summed E-state index contributed by atoms with van der Waals surface area (Å²) in [5.41, 5.74) is 0.336. The van der Waals surface area contributed by atoms with E-state index in [0.29, 0.717) is 6.61 Å². The molecule has 3 nitrogen and oxygen atoms in total. The van der Waals surface area contributed by atoms with E-state index in [9.17, 15) is 13.2 Å². The summed E-state index contributed by atoms with van der Waals surface area (Å²) >= 11 is 0. The summed E-state index contributed by atoms with van der Waals surface area (Å²) in [7, 11) is 0. The molecule has 1 aromatic rings. The highest BCUT2D eigenvalue weighted by Crippen LogP contribution is 2.29. The summed E-state index contributed by atoms with van der Waals surface area (Å²) < 4.78 is 43.6. The predicted molar refractivity (Wildman–Crippen MR) is 98.1 cm³/mol. The van der Waals surface area contributed by atoms with E-state index < -0.39 is 11.7 Å². The van der Waals surface area contributed by atoms with E-state index >= 15 is 0 Å². The van der Waals surface area contributed by atoms with E-state index in [4.69, 9.17) is 4.74 Å². The van der Waals surface area contributed by atoms with Gasteiger partial charge in [-0.15, -0.1) is 0 Å². The third-order valence-corrected chi connectivity index (χ3v) is 4.61. The number of nitrogens with one attached hydrogen (secondary N) is 1. The minimum Gasteiger partial charge on any atom is -0.373 e. The molecule has 0 spiro atoms. The molecule has 148 valence electrons. The number of halogens is 3. The Balaban J connectivity index is 1.63. The van der Waals surface area contributed by atoms with Crippen molar-refractivity contribution >= 4 is 0 Å². The third kappa shape index (κ3) is 7.64. The first-order valence-corrected chi connectivity index (χ1v) is 9.38. The van der Waals surface area contributed by atoms with Crippen LogP contribution in [0.15, 0.2) is 24.3 Å². The number of alkyl halides is 3. The van der Waals surface area contributed by atoms with E-state index in [1.807, 2.05) is 0 Å². The van der Waals surface area contributed by atoms with Crippen LogP contribution in [0.25, 0.3) is 0 Å². The third-order valence-electron chi connectivity index (χ3n) is 4.61. The van der Waals surface area contributed by atoms with Crippen LogP contribution in [-0.2, 0) is 17.5 Å². The van der Waals surface area contributed by atoms with Gasteiger partial charge in [-0.3, -0.25) is 0 Å². The fourth-order valence-electron chi connectivity index (χ4n) is 3.07. The minimum absolute atomic E-state index is 0.166. The molecule has 0 atom stereocenters. The molecule has 0 aromatic heterocycles. The zero-order chi connectivity index (χ0) is 19.2. The number of hydrogen-bond acceptors (Lipinski definition) is 3. The van der Waals surface area contributed by atoms with Crippen LogP contribution in [0.3, 0.4) is 0 Å². The molecule has 2 rings (SSSR count). The average molecular weight is 372 g/mol. The first kappa shape index (κ1) is 21.2. The van der Waals surface area contributed by atoms with Crippen LogP contribution >= 0.6 is 0 Å². The van der Waals surface area contributed by atoms with Crippen molar-refractivity contribution in [2.75, 3.05) is 26.2 Å². The summed E-state index contributed by atoms with van der Waals surface area (Å²) in [6.07, 6.45) is -0.995. The second-order valence-electron chi connectivity index (χ2n) is 8.08. The first-order valence-electron chi connectivity index (χ1n) is 9.38. The monoisotopic (exact) mass is 372 g/mol. The van der Waals surface area contributed by atoms with Crippen molar-refractivity contribution in [1.82, 2.24) is 10.2 Å². The first-order chi connectivity index (χ1) is 12.1. The Hall–Kier alpha value is -1.11. The van der Waals surface area contributed by atoms with Crippen LogP contribution in [0, 0.1) is 0 Å². The van der Waals surface area contributed by atoms with Crippen LogP contribution in [0.1, 0.15) is 51.2 Å². The predicted octanol–water partition coefficient (Wildman–Crippen LogP) is 4.46. The largest absolute Gasteiger partial charge is 0.416 e. The quantitative estimate of drug-likeness (QED) is 0.715. The molecule has 0 radical (unpaired) electrons. The molecule has 0 unspecified atom stereocenters. The molecule has 1 N–H and O–H groups in total. The zero-order valence-electron chi connectivity index (χ0n) is 16.0. The van der Waals surface area contributed by atoms with Gasteiger partial charge in [-0.1, -0.05) is 12.1 Å². The van der Waals surface area contributed by atoms with Crippen molar-refractivity contribution in [2.24, 2.45) is 0 Å². The van der Waals surface area contributed by atoms with Gasteiger partial charge in [0.15, 0.2) is 0 Å². The van der Waals surface area contributed by atoms with Crippen LogP contribution < -0.4 is 5.32 Å². The second-order valence-corrected chi connectivity index (χ2v) is 8.08. The van der Waals surface area contributed by atoms with Gasteiger partial charge in [-0.2, -0.15) is 13.2 Å². The summed E-state index contributed by atoms with van der Waals surface area (Å²) in [6.45, 7) is 11.0. The average Bonchev–Trinajstić information content (AvgIpc) is 2.57. The molecule has 1 aliphatic heterocycles. The molecule has 1 fully saturated rings. The van der Waals surface area contributed by atoms with E-state index in [0.717, 1.165) is 63.1 Å². The minimum atomic E-state index is -4.28. The lowest BCUT2D eigenvalue weighted by molar-refractivity contribution is -0.137. The molecule has 0 aliphatic carbocycles. The van der Waals surface area contributed by atoms with Crippen molar-refractivity contribution in [2.45, 2.75) is 64.5 Å². The molecule has 6 heteroatoms. The van der Waals surface area contributed by atoms with Crippen LogP contribution in [0.2, 0.25) is 0 Å². The van der Waals surface area contributed by atoms with Crippen molar-refractivity contribution in [1.29, 1.82) is 0 Å². The van der Waals surface area contributed by atoms with E-state index in [1.54, 1.807) is 0 Å². The van der Waals surface area contributed by atoms with E-state index in [1.165, 1.54) is 12.1 Å². The highest BCUT2D eigenvalue weighted by atomic mass is 19.4. The molecule has 0 bridgehead atoms. The van der Waals surface area contributed by atoms with Crippen molar-refractivity contribution in [3.05, 3.63) is 35.4 Å². The van der Waals surface area contributed by atoms with Crippen molar-refractivity contribution < 1.29 is 17.9 Å². The SMILES string of the molecule is CC(C)(C)NCCCN1CCC(OCc2ccc(C(F)(F)F)cc2)CC1.